The lowest BCUT2D eigenvalue weighted by Gasteiger charge is -2.08. The molecule has 0 radical (unpaired) electrons. The summed E-state index contributed by atoms with van der Waals surface area (Å²) in [4.78, 5) is 36.0. The van der Waals surface area contributed by atoms with Gasteiger partial charge in [0.25, 0.3) is 11.1 Å². The van der Waals surface area contributed by atoms with Gasteiger partial charge in [0.15, 0.2) is 0 Å². The molecule has 2 aromatic rings. The molecular formula is C19H15ClN2O4S. The molecule has 1 saturated heterocycles. The second kappa shape index (κ2) is 8.28. The maximum Gasteiger partial charge on any atom is 0.294 e. The number of nitrogens with two attached hydrogens (primary N) is 1. The molecule has 1 aliphatic rings. The van der Waals surface area contributed by atoms with Crippen molar-refractivity contribution in [2.24, 2.45) is 5.73 Å². The fraction of sp³-hybridized carbons (Fsp3) is 0.105. The molecule has 3 rings (SSSR count). The Morgan fingerprint density at radius 3 is 2.59 bits per heavy atom. The van der Waals surface area contributed by atoms with Gasteiger partial charge in [-0.05, 0) is 53.2 Å². The number of thioether (sulfide) groups is 1. The number of ether oxygens (including phenoxy) is 1. The van der Waals surface area contributed by atoms with Crippen molar-refractivity contribution in [3.63, 3.8) is 0 Å². The zero-order chi connectivity index (χ0) is 19.4. The summed E-state index contributed by atoms with van der Waals surface area (Å²) in [6.45, 7) is -0.0375. The zero-order valence-corrected chi connectivity index (χ0v) is 15.6. The van der Waals surface area contributed by atoms with Crippen LogP contribution in [0, 0.1) is 0 Å². The summed E-state index contributed by atoms with van der Waals surface area (Å²) in [5, 5.41) is 0.142. The van der Waals surface area contributed by atoms with Crippen LogP contribution in [0.5, 0.6) is 5.75 Å². The SMILES string of the molecule is NC(=O)CN1C(=O)S/C(=C\c2ccc(OCc3cccc(Cl)c3)cc2)C1=O. The van der Waals surface area contributed by atoms with Crippen LogP contribution >= 0.6 is 23.4 Å². The minimum absolute atomic E-state index is 0.244. The molecule has 0 atom stereocenters. The molecule has 1 heterocycles. The van der Waals surface area contributed by atoms with E-state index in [9.17, 15) is 14.4 Å². The van der Waals surface area contributed by atoms with Crippen LogP contribution in [0.25, 0.3) is 6.08 Å². The second-order valence-electron chi connectivity index (χ2n) is 5.72. The van der Waals surface area contributed by atoms with E-state index in [0.29, 0.717) is 17.4 Å². The Labute approximate surface area is 164 Å². The van der Waals surface area contributed by atoms with Crippen LogP contribution in [0.2, 0.25) is 5.02 Å². The third kappa shape index (κ3) is 4.90. The molecule has 0 spiro atoms. The van der Waals surface area contributed by atoms with Crippen molar-refractivity contribution in [3.05, 3.63) is 69.6 Å². The number of primary amides is 1. The van der Waals surface area contributed by atoms with Gasteiger partial charge in [-0.15, -0.1) is 0 Å². The summed E-state index contributed by atoms with van der Waals surface area (Å²) in [6.07, 6.45) is 1.59. The number of benzene rings is 2. The highest BCUT2D eigenvalue weighted by atomic mass is 35.5. The fourth-order valence-corrected chi connectivity index (χ4v) is 3.45. The number of hydrogen-bond donors (Lipinski definition) is 1. The van der Waals surface area contributed by atoms with Gasteiger partial charge >= 0.3 is 0 Å². The van der Waals surface area contributed by atoms with E-state index in [1.165, 1.54) is 0 Å². The Bertz CT molecular complexity index is 928. The fourth-order valence-electron chi connectivity index (χ4n) is 2.40. The van der Waals surface area contributed by atoms with Gasteiger partial charge in [0.05, 0.1) is 4.91 Å². The van der Waals surface area contributed by atoms with Crippen molar-refractivity contribution in [2.45, 2.75) is 6.61 Å². The van der Waals surface area contributed by atoms with Gasteiger partial charge in [0, 0.05) is 5.02 Å². The maximum atomic E-state index is 12.2. The van der Waals surface area contributed by atoms with Crippen LogP contribution in [0.1, 0.15) is 11.1 Å². The van der Waals surface area contributed by atoms with Crippen LogP contribution in [0.15, 0.2) is 53.4 Å². The lowest BCUT2D eigenvalue weighted by atomic mass is 10.2. The number of halogens is 1. The van der Waals surface area contributed by atoms with Crippen LogP contribution in [0.3, 0.4) is 0 Å². The second-order valence-corrected chi connectivity index (χ2v) is 7.15. The molecule has 0 bridgehead atoms. The smallest absolute Gasteiger partial charge is 0.294 e. The van der Waals surface area contributed by atoms with Gasteiger partial charge < -0.3 is 10.5 Å². The minimum atomic E-state index is -0.736. The molecule has 0 saturated carbocycles. The highest BCUT2D eigenvalue weighted by Gasteiger charge is 2.35. The lowest BCUT2D eigenvalue weighted by Crippen LogP contribution is -2.36. The molecule has 0 unspecified atom stereocenters. The van der Waals surface area contributed by atoms with E-state index in [1.54, 1.807) is 36.4 Å². The van der Waals surface area contributed by atoms with Gasteiger partial charge in [-0.1, -0.05) is 35.9 Å². The predicted octanol–water partition coefficient (Wildman–Crippen LogP) is 3.44. The summed E-state index contributed by atoms with van der Waals surface area (Å²) in [5.74, 6) is -0.598. The summed E-state index contributed by atoms with van der Waals surface area (Å²) >= 11 is 6.72. The number of carbonyl (C=O) groups excluding carboxylic acids is 3. The number of carbonyl (C=O) groups is 3. The summed E-state index contributed by atoms with van der Waals surface area (Å²) in [7, 11) is 0. The van der Waals surface area contributed by atoms with Crippen LogP contribution < -0.4 is 10.5 Å². The van der Waals surface area contributed by atoms with E-state index < -0.39 is 23.6 Å². The normalized spacial score (nSPS) is 15.4. The van der Waals surface area contributed by atoms with E-state index in [4.69, 9.17) is 22.1 Å². The average Bonchev–Trinajstić information content (AvgIpc) is 2.88. The first-order valence-corrected chi connectivity index (χ1v) is 9.13. The minimum Gasteiger partial charge on any atom is -0.489 e. The summed E-state index contributed by atoms with van der Waals surface area (Å²) in [6, 6.07) is 14.5. The predicted molar refractivity (Wildman–Crippen MR) is 104 cm³/mol. The first-order valence-electron chi connectivity index (χ1n) is 7.93. The third-order valence-electron chi connectivity index (χ3n) is 3.66. The average molecular weight is 403 g/mol. The molecule has 0 aromatic heterocycles. The maximum absolute atomic E-state index is 12.2. The third-order valence-corrected chi connectivity index (χ3v) is 4.80. The molecule has 0 aliphatic carbocycles. The molecular weight excluding hydrogens is 388 g/mol. The van der Waals surface area contributed by atoms with E-state index >= 15 is 0 Å². The van der Waals surface area contributed by atoms with Crippen molar-refractivity contribution in [1.29, 1.82) is 0 Å². The molecule has 1 aliphatic heterocycles. The van der Waals surface area contributed by atoms with Gasteiger partial charge in [0.1, 0.15) is 18.9 Å². The molecule has 27 heavy (non-hydrogen) atoms. The molecule has 138 valence electrons. The Kier molecular flexibility index (Phi) is 5.83. The Morgan fingerprint density at radius 1 is 1.19 bits per heavy atom. The topological polar surface area (TPSA) is 89.7 Å². The molecule has 2 aromatic carbocycles. The van der Waals surface area contributed by atoms with E-state index in [2.05, 4.69) is 0 Å². The molecule has 6 nitrogen and oxygen atoms in total. The van der Waals surface area contributed by atoms with Crippen molar-refractivity contribution >= 4 is 46.5 Å². The Balaban J connectivity index is 1.65. The highest BCUT2D eigenvalue weighted by Crippen LogP contribution is 2.32. The molecule has 8 heteroatoms. The van der Waals surface area contributed by atoms with Crippen LogP contribution in [0.4, 0.5) is 4.79 Å². The van der Waals surface area contributed by atoms with E-state index in [-0.39, 0.29) is 4.91 Å². The van der Waals surface area contributed by atoms with Gasteiger partial charge in [-0.3, -0.25) is 19.3 Å². The van der Waals surface area contributed by atoms with Crippen molar-refractivity contribution < 1.29 is 19.1 Å². The van der Waals surface area contributed by atoms with Gasteiger partial charge in [0.2, 0.25) is 5.91 Å². The molecule has 2 N–H and O–H groups in total. The lowest BCUT2D eigenvalue weighted by molar-refractivity contribution is -0.127. The van der Waals surface area contributed by atoms with Crippen LogP contribution in [-0.2, 0) is 16.2 Å². The quantitative estimate of drug-likeness (QED) is 0.747. The van der Waals surface area contributed by atoms with Crippen molar-refractivity contribution in [2.75, 3.05) is 6.54 Å². The number of imide groups is 1. The number of nitrogens with zero attached hydrogens (tertiary/aromatic N) is 1. The van der Waals surface area contributed by atoms with Crippen molar-refractivity contribution in [3.8, 4) is 5.75 Å². The standard InChI is InChI=1S/C19H15ClN2O4S/c20-14-3-1-2-13(8-14)11-26-15-6-4-12(5-7-15)9-16-18(24)22(10-17(21)23)19(25)27-16/h1-9H,10-11H2,(H2,21,23)/b16-9-. The largest absolute Gasteiger partial charge is 0.489 e. The Hall–Kier alpha value is -2.77. The van der Waals surface area contributed by atoms with E-state index in [0.717, 1.165) is 27.8 Å². The summed E-state index contributed by atoms with van der Waals surface area (Å²) in [5.41, 5.74) is 6.74. The Morgan fingerprint density at radius 2 is 1.93 bits per heavy atom. The zero-order valence-electron chi connectivity index (χ0n) is 14.1. The first kappa shape index (κ1) is 19.0. The van der Waals surface area contributed by atoms with E-state index in [1.807, 2.05) is 18.2 Å². The highest BCUT2D eigenvalue weighted by molar-refractivity contribution is 8.18. The van der Waals surface area contributed by atoms with Crippen molar-refractivity contribution in [1.82, 2.24) is 4.90 Å². The number of amides is 3. The first-order chi connectivity index (χ1) is 12.9. The molecule has 1 fully saturated rings. The van der Waals surface area contributed by atoms with Gasteiger partial charge in [-0.25, -0.2) is 0 Å². The molecule has 3 amide bonds. The van der Waals surface area contributed by atoms with Gasteiger partial charge in [-0.2, -0.15) is 0 Å². The monoisotopic (exact) mass is 402 g/mol. The number of hydrogen-bond acceptors (Lipinski definition) is 5. The summed E-state index contributed by atoms with van der Waals surface area (Å²) < 4.78 is 5.71. The number of rotatable bonds is 6. The van der Waals surface area contributed by atoms with Crippen LogP contribution in [-0.4, -0.2) is 28.5 Å².